The maximum atomic E-state index is 5.65. The van der Waals surface area contributed by atoms with E-state index in [2.05, 4.69) is 17.0 Å². The first-order valence-electron chi connectivity index (χ1n) is 6.21. The van der Waals surface area contributed by atoms with E-state index in [-0.39, 0.29) is 0 Å². The lowest BCUT2D eigenvalue weighted by molar-refractivity contribution is 0.00966. The monoisotopic (exact) mass is 235 g/mol. The van der Waals surface area contributed by atoms with E-state index < -0.39 is 0 Å². The summed E-state index contributed by atoms with van der Waals surface area (Å²) in [7, 11) is 1.77. The van der Waals surface area contributed by atoms with E-state index in [1.54, 1.807) is 7.11 Å². The Labute approximate surface area is 103 Å². The van der Waals surface area contributed by atoms with Crippen LogP contribution in [0.1, 0.15) is 5.56 Å². The lowest BCUT2D eigenvalue weighted by Crippen LogP contribution is -2.49. The van der Waals surface area contributed by atoms with Gasteiger partial charge in [-0.25, -0.2) is 0 Å². The minimum absolute atomic E-state index is 0.718. The van der Waals surface area contributed by atoms with Crippen LogP contribution in [0.2, 0.25) is 0 Å². The molecule has 0 aromatic heterocycles. The second-order valence-electron chi connectivity index (χ2n) is 4.62. The van der Waals surface area contributed by atoms with Gasteiger partial charge in [0.15, 0.2) is 0 Å². The molecular formula is C14H21NO2. The first-order valence-corrected chi connectivity index (χ1v) is 6.21. The maximum absolute atomic E-state index is 5.65. The Morgan fingerprint density at radius 2 is 2.00 bits per heavy atom. The summed E-state index contributed by atoms with van der Waals surface area (Å²) in [6.45, 7) is 5.77. The highest BCUT2D eigenvalue weighted by Crippen LogP contribution is 2.14. The zero-order valence-electron chi connectivity index (χ0n) is 10.5. The Morgan fingerprint density at radius 3 is 2.71 bits per heavy atom. The van der Waals surface area contributed by atoms with Gasteiger partial charge in [-0.3, -0.25) is 0 Å². The van der Waals surface area contributed by atoms with Crippen molar-refractivity contribution in [3.63, 3.8) is 0 Å². The van der Waals surface area contributed by atoms with Gasteiger partial charge in [0, 0.05) is 32.7 Å². The van der Waals surface area contributed by atoms with Gasteiger partial charge in [-0.15, -0.1) is 0 Å². The van der Waals surface area contributed by atoms with Crippen LogP contribution in [0.3, 0.4) is 0 Å². The lowest BCUT2D eigenvalue weighted by Gasteiger charge is -2.38. The van der Waals surface area contributed by atoms with Gasteiger partial charge >= 0.3 is 0 Å². The number of hydrogen-bond acceptors (Lipinski definition) is 3. The first kappa shape index (κ1) is 12.6. The molecule has 0 saturated carbocycles. The molecule has 1 aliphatic rings. The van der Waals surface area contributed by atoms with Crippen molar-refractivity contribution < 1.29 is 9.47 Å². The third-order valence-corrected chi connectivity index (χ3v) is 3.10. The molecule has 0 amide bonds. The number of nitrogens with zero attached hydrogens (tertiary/aromatic N) is 1. The molecule has 0 unspecified atom stereocenters. The van der Waals surface area contributed by atoms with E-state index in [4.69, 9.17) is 9.47 Å². The van der Waals surface area contributed by atoms with E-state index in [1.165, 1.54) is 5.56 Å². The highest BCUT2D eigenvalue weighted by Gasteiger charge is 2.25. The van der Waals surface area contributed by atoms with Crippen molar-refractivity contribution in [1.82, 2.24) is 4.90 Å². The summed E-state index contributed by atoms with van der Waals surface area (Å²) in [4.78, 5) is 2.41. The predicted molar refractivity (Wildman–Crippen MR) is 67.9 cm³/mol. The van der Waals surface area contributed by atoms with Crippen LogP contribution in [0, 0.1) is 5.92 Å². The third kappa shape index (κ3) is 4.11. The Bertz CT molecular complexity index is 309. The highest BCUT2D eigenvalue weighted by atomic mass is 16.5. The molecule has 0 atom stereocenters. The van der Waals surface area contributed by atoms with Crippen LogP contribution < -0.4 is 0 Å². The number of ether oxygens (including phenoxy) is 2. The molecule has 0 radical (unpaired) electrons. The average Bonchev–Trinajstić information content (AvgIpc) is 2.32. The van der Waals surface area contributed by atoms with E-state index in [0.29, 0.717) is 0 Å². The summed E-state index contributed by atoms with van der Waals surface area (Å²) in [6.07, 6.45) is 0. The quantitative estimate of drug-likeness (QED) is 0.672. The molecule has 3 nitrogen and oxygen atoms in total. The average molecular weight is 235 g/mol. The summed E-state index contributed by atoms with van der Waals surface area (Å²) in [5, 5.41) is 0. The lowest BCUT2D eigenvalue weighted by atomic mass is 10.0. The molecule has 0 aliphatic carbocycles. The number of rotatable bonds is 7. The SMILES string of the molecule is COCC1CN(CCOCc2ccccc2)C1. The van der Waals surface area contributed by atoms with Crippen molar-refractivity contribution in [2.75, 3.05) is 40.0 Å². The topological polar surface area (TPSA) is 21.7 Å². The van der Waals surface area contributed by atoms with E-state index in [9.17, 15) is 0 Å². The molecule has 2 rings (SSSR count). The molecule has 1 heterocycles. The molecule has 1 fully saturated rings. The van der Waals surface area contributed by atoms with Crippen molar-refractivity contribution >= 4 is 0 Å². The second kappa shape index (κ2) is 6.74. The van der Waals surface area contributed by atoms with Crippen LogP contribution >= 0.6 is 0 Å². The van der Waals surface area contributed by atoms with Gasteiger partial charge in [-0.2, -0.15) is 0 Å². The van der Waals surface area contributed by atoms with Gasteiger partial charge in [0.2, 0.25) is 0 Å². The fourth-order valence-electron chi connectivity index (χ4n) is 2.16. The largest absolute Gasteiger partial charge is 0.384 e. The van der Waals surface area contributed by atoms with Gasteiger partial charge in [0.25, 0.3) is 0 Å². The Hall–Kier alpha value is -0.900. The molecule has 94 valence electrons. The van der Waals surface area contributed by atoms with Crippen LogP contribution in [0.5, 0.6) is 0 Å². The van der Waals surface area contributed by atoms with Gasteiger partial charge in [0.05, 0.1) is 19.8 Å². The highest BCUT2D eigenvalue weighted by molar-refractivity contribution is 5.13. The molecule has 0 spiro atoms. The molecule has 0 N–H and O–H groups in total. The van der Waals surface area contributed by atoms with Crippen molar-refractivity contribution in [1.29, 1.82) is 0 Å². The van der Waals surface area contributed by atoms with Crippen LogP contribution in [-0.4, -0.2) is 44.9 Å². The molecule has 3 heteroatoms. The van der Waals surface area contributed by atoms with Crippen molar-refractivity contribution in [3.05, 3.63) is 35.9 Å². The minimum Gasteiger partial charge on any atom is -0.384 e. The van der Waals surface area contributed by atoms with E-state index >= 15 is 0 Å². The van der Waals surface area contributed by atoms with Gasteiger partial charge in [-0.05, 0) is 5.56 Å². The van der Waals surface area contributed by atoms with Crippen LogP contribution in [0.15, 0.2) is 30.3 Å². The number of likely N-dealkylation sites (tertiary alicyclic amines) is 1. The van der Waals surface area contributed by atoms with E-state index in [0.717, 1.165) is 45.4 Å². The second-order valence-corrected chi connectivity index (χ2v) is 4.62. The molecule has 1 saturated heterocycles. The van der Waals surface area contributed by atoms with Crippen LogP contribution in [-0.2, 0) is 16.1 Å². The van der Waals surface area contributed by atoms with E-state index in [1.807, 2.05) is 18.2 Å². The fourth-order valence-corrected chi connectivity index (χ4v) is 2.16. The summed E-state index contributed by atoms with van der Waals surface area (Å²) >= 11 is 0. The Kier molecular flexibility index (Phi) is 4.98. The minimum atomic E-state index is 0.718. The molecule has 17 heavy (non-hydrogen) atoms. The van der Waals surface area contributed by atoms with Crippen LogP contribution in [0.4, 0.5) is 0 Å². The van der Waals surface area contributed by atoms with Gasteiger partial charge in [0.1, 0.15) is 0 Å². The van der Waals surface area contributed by atoms with Crippen LogP contribution in [0.25, 0.3) is 0 Å². The van der Waals surface area contributed by atoms with Gasteiger partial charge in [-0.1, -0.05) is 30.3 Å². The van der Waals surface area contributed by atoms with Crippen molar-refractivity contribution in [2.24, 2.45) is 5.92 Å². The molecule has 1 aromatic rings. The van der Waals surface area contributed by atoms with Crippen molar-refractivity contribution in [3.8, 4) is 0 Å². The molecule has 0 bridgehead atoms. The molecular weight excluding hydrogens is 214 g/mol. The first-order chi connectivity index (χ1) is 8.38. The van der Waals surface area contributed by atoms with Gasteiger partial charge < -0.3 is 14.4 Å². The zero-order valence-corrected chi connectivity index (χ0v) is 10.5. The fraction of sp³-hybridized carbons (Fsp3) is 0.571. The smallest absolute Gasteiger partial charge is 0.0717 e. The summed E-state index contributed by atoms with van der Waals surface area (Å²) in [5.74, 6) is 0.731. The Morgan fingerprint density at radius 1 is 1.24 bits per heavy atom. The predicted octanol–water partition coefficient (Wildman–Crippen LogP) is 1.78. The summed E-state index contributed by atoms with van der Waals surface area (Å²) in [5.41, 5.74) is 1.24. The summed E-state index contributed by atoms with van der Waals surface area (Å²) in [6, 6.07) is 10.3. The zero-order chi connectivity index (χ0) is 11.9. The number of hydrogen-bond donors (Lipinski definition) is 0. The Balaban J connectivity index is 1.50. The standard InChI is InChI=1S/C14H21NO2/c1-16-11-14-9-15(10-14)7-8-17-12-13-5-3-2-4-6-13/h2-6,14H,7-12H2,1H3. The summed E-state index contributed by atoms with van der Waals surface area (Å²) < 4.78 is 10.8. The molecule has 1 aromatic carbocycles. The third-order valence-electron chi connectivity index (χ3n) is 3.10. The maximum Gasteiger partial charge on any atom is 0.0717 e. The normalized spacial score (nSPS) is 17.0. The number of benzene rings is 1. The molecule has 1 aliphatic heterocycles. The number of methoxy groups -OCH3 is 1. The van der Waals surface area contributed by atoms with Crippen molar-refractivity contribution in [2.45, 2.75) is 6.61 Å².